The maximum atomic E-state index is 12.9. The third-order valence-electron chi connectivity index (χ3n) is 4.94. The van der Waals surface area contributed by atoms with E-state index < -0.39 is 6.36 Å². The summed E-state index contributed by atoms with van der Waals surface area (Å²) in [6.45, 7) is 6.01. The molecule has 0 aliphatic heterocycles. The molecule has 34 heavy (non-hydrogen) atoms. The molecule has 3 heterocycles. The molecule has 0 saturated heterocycles. The van der Waals surface area contributed by atoms with E-state index in [4.69, 9.17) is 16.3 Å². The number of pyridine rings is 1. The normalized spacial score (nSPS) is 12.0. The zero-order valence-electron chi connectivity index (χ0n) is 19.5. The summed E-state index contributed by atoms with van der Waals surface area (Å²) in [5.74, 6) is 0.196. The van der Waals surface area contributed by atoms with E-state index in [1.165, 1.54) is 25.3 Å². The summed E-state index contributed by atoms with van der Waals surface area (Å²) in [5.41, 5.74) is 2.28. The molecule has 0 bridgehead atoms. The van der Waals surface area contributed by atoms with E-state index in [-0.39, 0.29) is 57.9 Å². The van der Waals surface area contributed by atoms with Gasteiger partial charge in [0.05, 0.1) is 29.0 Å². The number of nitrogens with one attached hydrogen (secondary N) is 1. The van der Waals surface area contributed by atoms with Crippen LogP contribution in [0.3, 0.4) is 0 Å². The number of hydrogen-bond donors (Lipinski definition) is 1. The van der Waals surface area contributed by atoms with Crippen LogP contribution in [-0.2, 0) is 12.5 Å². The minimum Gasteiger partial charge on any atom is -0.479 e. The Morgan fingerprint density at radius 2 is 1.76 bits per heavy atom. The summed E-state index contributed by atoms with van der Waals surface area (Å²) in [6, 6.07) is 7.34. The Morgan fingerprint density at radius 3 is 2.35 bits per heavy atom. The van der Waals surface area contributed by atoms with Crippen LogP contribution in [0, 0.1) is 0 Å². The van der Waals surface area contributed by atoms with Gasteiger partial charge in [-0.3, -0.25) is 4.68 Å². The molecule has 175 valence electrons. The third kappa shape index (κ3) is 5.05. The van der Waals surface area contributed by atoms with Gasteiger partial charge in [-0.1, -0.05) is 44.5 Å². The smallest absolute Gasteiger partial charge is 0.479 e. The number of hydrogen-bond acceptors (Lipinski definition) is 5. The quantitative estimate of drug-likeness (QED) is 0.373. The van der Waals surface area contributed by atoms with Crippen LogP contribution in [0.5, 0.6) is 11.6 Å². The number of benzene rings is 1. The predicted octanol–water partition coefficient (Wildman–Crippen LogP) is 5.50. The fraction of sp³-hybridized carbons (Fsp3) is 0.318. The Hall–Kier alpha value is -2.27. The first kappa shape index (κ1) is 26.3. The number of para-hydroxylation sites is 1. The topological polar surface area (TPSA) is 77.9 Å². The van der Waals surface area contributed by atoms with Crippen LogP contribution < -0.4 is 9.47 Å². The van der Waals surface area contributed by atoms with Crippen LogP contribution >= 0.6 is 11.6 Å². The number of aromatic nitrogens is 5. The molecule has 0 fully saturated rings. The number of H-pyrrole nitrogens is 1. The van der Waals surface area contributed by atoms with Gasteiger partial charge >= 0.3 is 6.36 Å². The average molecular weight is 503 g/mol. The predicted molar refractivity (Wildman–Crippen MR) is 124 cm³/mol. The number of ether oxygens (including phenoxy) is 2. The van der Waals surface area contributed by atoms with Crippen LogP contribution in [0.4, 0.5) is 13.2 Å². The van der Waals surface area contributed by atoms with Crippen LogP contribution in [-0.4, -0.2) is 67.8 Å². The van der Waals surface area contributed by atoms with Gasteiger partial charge in [0.25, 0.3) is 0 Å². The summed E-state index contributed by atoms with van der Waals surface area (Å²) in [4.78, 5) is 12.1. The zero-order chi connectivity index (χ0) is 24.1. The standard InChI is InChI=1S/C22H21ClF3N5O2.Na/c1-21(2,3)18-15(23)17(31(4)30-18)19-27-13-10-12(28-20(32-5)16(13)29-19)11-8-6-7-9-14(11)33-22(24,25)26;/h6-10H,1-5H3,(H,27,29);. The largest absolute Gasteiger partial charge is 0.573 e. The molecule has 0 spiro atoms. The molecule has 4 aromatic rings. The van der Waals surface area contributed by atoms with Gasteiger partial charge < -0.3 is 14.5 Å². The monoisotopic (exact) mass is 502 g/mol. The number of imidazole rings is 1. The Balaban J connectivity index is 0.00000324. The summed E-state index contributed by atoms with van der Waals surface area (Å²) in [6.07, 6.45) is -4.84. The third-order valence-corrected chi connectivity index (χ3v) is 5.30. The molecule has 0 atom stereocenters. The molecule has 7 nitrogen and oxygen atoms in total. The van der Waals surface area contributed by atoms with Gasteiger partial charge in [-0.15, -0.1) is 13.2 Å². The second-order valence-corrected chi connectivity index (χ2v) is 8.81. The van der Waals surface area contributed by atoms with Gasteiger partial charge in [-0.25, -0.2) is 9.97 Å². The number of methoxy groups -OCH3 is 1. The fourth-order valence-electron chi connectivity index (χ4n) is 3.50. The molecule has 0 aliphatic rings. The number of fused-ring (bicyclic) bond motifs is 1. The van der Waals surface area contributed by atoms with Gasteiger partial charge in [0.15, 0.2) is 11.3 Å². The molecular weight excluding hydrogens is 482 g/mol. The number of aromatic amines is 1. The molecule has 0 aliphatic carbocycles. The molecule has 1 radical (unpaired) electrons. The molecule has 1 aromatic carbocycles. The van der Waals surface area contributed by atoms with Gasteiger partial charge in [0.2, 0.25) is 5.88 Å². The summed E-state index contributed by atoms with van der Waals surface area (Å²) >= 11 is 6.65. The van der Waals surface area contributed by atoms with Crippen molar-refractivity contribution in [2.75, 3.05) is 7.11 Å². The molecule has 3 aromatic heterocycles. The zero-order valence-corrected chi connectivity index (χ0v) is 22.3. The molecule has 0 amide bonds. The molecular formula is C22H21ClF3N5NaO2. The molecule has 0 saturated carbocycles. The number of alkyl halides is 3. The van der Waals surface area contributed by atoms with Crippen molar-refractivity contribution in [3.8, 4) is 34.4 Å². The number of rotatable bonds is 4. The van der Waals surface area contributed by atoms with E-state index in [1.807, 2.05) is 20.8 Å². The maximum Gasteiger partial charge on any atom is 0.573 e. The first-order chi connectivity index (χ1) is 15.4. The van der Waals surface area contributed by atoms with E-state index in [9.17, 15) is 13.2 Å². The molecule has 1 N–H and O–H groups in total. The molecule has 4 rings (SSSR count). The summed E-state index contributed by atoms with van der Waals surface area (Å²) < 4.78 is 49.8. The van der Waals surface area contributed by atoms with E-state index in [2.05, 4.69) is 24.8 Å². The van der Waals surface area contributed by atoms with Gasteiger partial charge in [0, 0.05) is 47.6 Å². The first-order valence-electron chi connectivity index (χ1n) is 9.92. The van der Waals surface area contributed by atoms with E-state index >= 15 is 0 Å². The van der Waals surface area contributed by atoms with Crippen LogP contribution in [0.15, 0.2) is 30.3 Å². The second-order valence-electron chi connectivity index (χ2n) is 8.43. The minimum atomic E-state index is -4.84. The Kier molecular flexibility index (Phi) is 7.29. The van der Waals surface area contributed by atoms with E-state index in [1.54, 1.807) is 23.9 Å². The number of nitrogens with zero attached hydrogens (tertiary/aromatic N) is 4. The van der Waals surface area contributed by atoms with E-state index in [0.717, 1.165) is 0 Å². The minimum absolute atomic E-state index is 0. The number of halogens is 4. The van der Waals surface area contributed by atoms with Gasteiger partial charge in [-0.2, -0.15) is 5.10 Å². The van der Waals surface area contributed by atoms with Crippen molar-refractivity contribution in [1.29, 1.82) is 0 Å². The van der Waals surface area contributed by atoms with Crippen LogP contribution in [0.2, 0.25) is 5.02 Å². The van der Waals surface area contributed by atoms with Crippen molar-refractivity contribution in [2.45, 2.75) is 32.5 Å². The first-order valence-corrected chi connectivity index (χ1v) is 10.3. The average Bonchev–Trinajstić information content (AvgIpc) is 3.26. The summed E-state index contributed by atoms with van der Waals surface area (Å²) in [5, 5.41) is 4.99. The Morgan fingerprint density at radius 1 is 1.09 bits per heavy atom. The van der Waals surface area contributed by atoms with E-state index in [0.29, 0.717) is 33.3 Å². The molecule has 0 unspecified atom stereocenters. The van der Waals surface area contributed by atoms with Crippen LogP contribution in [0.25, 0.3) is 33.8 Å². The van der Waals surface area contributed by atoms with Crippen molar-refractivity contribution in [3.05, 3.63) is 41.0 Å². The maximum absolute atomic E-state index is 12.9. The van der Waals surface area contributed by atoms with Gasteiger partial charge in [0.1, 0.15) is 11.4 Å². The molecule has 12 heteroatoms. The van der Waals surface area contributed by atoms with Gasteiger partial charge in [-0.05, 0) is 18.2 Å². The van der Waals surface area contributed by atoms with Crippen molar-refractivity contribution in [3.63, 3.8) is 0 Å². The van der Waals surface area contributed by atoms with Crippen LogP contribution in [0.1, 0.15) is 26.5 Å². The number of aryl methyl sites for hydroxylation is 1. The van der Waals surface area contributed by atoms with Crippen molar-refractivity contribution < 1.29 is 22.6 Å². The summed E-state index contributed by atoms with van der Waals surface area (Å²) in [7, 11) is 3.17. The second kappa shape index (κ2) is 9.41. The van der Waals surface area contributed by atoms with Crippen molar-refractivity contribution >= 4 is 52.2 Å². The van der Waals surface area contributed by atoms with Crippen molar-refractivity contribution in [1.82, 2.24) is 24.7 Å². The Labute approximate surface area is 220 Å². The fourth-order valence-corrected chi connectivity index (χ4v) is 4.04. The SMILES string of the molecule is COc1nc(-c2ccccc2OC(F)(F)F)cc2[nH]c(-c3c(Cl)c(C(C)(C)C)nn3C)nc12.[Na]. The van der Waals surface area contributed by atoms with Crippen molar-refractivity contribution in [2.24, 2.45) is 7.05 Å². The Bertz CT molecular complexity index is 1350.